The van der Waals surface area contributed by atoms with Gasteiger partial charge in [0.2, 0.25) is 0 Å². The maximum atomic E-state index is 13.3. The van der Waals surface area contributed by atoms with E-state index >= 15 is 0 Å². The van der Waals surface area contributed by atoms with Crippen LogP contribution < -0.4 is 10.9 Å². The van der Waals surface area contributed by atoms with Gasteiger partial charge in [-0.2, -0.15) is 0 Å². The van der Waals surface area contributed by atoms with E-state index in [9.17, 15) is 14.0 Å². The van der Waals surface area contributed by atoms with Crippen LogP contribution in [0.4, 0.5) is 10.1 Å². The van der Waals surface area contributed by atoms with Crippen molar-refractivity contribution in [2.45, 2.75) is 0 Å². The van der Waals surface area contributed by atoms with E-state index in [0.717, 1.165) is 6.07 Å². The van der Waals surface area contributed by atoms with Gasteiger partial charge in [0.25, 0.3) is 11.5 Å². The second-order valence-electron chi connectivity index (χ2n) is 6.32. The summed E-state index contributed by atoms with van der Waals surface area (Å²) in [6, 6.07) is 17.2. The van der Waals surface area contributed by atoms with Gasteiger partial charge in [-0.25, -0.2) is 4.39 Å². The number of nitrogens with one attached hydrogen (secondary N) is 1. The minimum atomic E-state index is -0.505. The van der Waals surface area contributed by atoms with Crippen molar-refractivity contribution in [3.05, 3.63) is 105 Å². The van der Waals surface area contributed by atoms with E-state index in [1.54, 1.807) is 48.5 Å². The molecule has 0 atom stereocenters. The van der Waals surface area contributed by atoms with Gasteiger partial charge in [-0.1, -0.05) is 41.4 Å². The summed E-state index contributed by atoms with van der Waals surface area (Å²) in [5, 5.41) is 4.18. The van der Waals surface area contributed by atoms with E-state index < -0.39 is 11.7 Å². The Labute approximate surface area is 175 Å². The first kappa shape index (κ1) is 19.2. The number of benzene rings is 3. The average Bonchev–Trinajstić information content (AvgIpc) is 2.71. The standard InChI is InChI=1S/C22H13Cl2FN2O2/c23-13-5-8-15(9-6-13)27-12-18(16-3-1-2-4-17(16)22(27)29)21(28)26-20-10-7-14(25)11-19(20)24/h1-12H,(H,26,28). The Morgan fingerprint density at radius 2 is 1.62 bits per heavy atom. The molecule has 4 nitrogen and oxygen atoms in total. The van der Waals surface area contributed by atoms with Gasteiger partial charge in [0.15, 0.2) is 0 Å². The van der Waals surface area contributed by atoms with Gasteiger partial charge in [0, 0.05) is 27.7 Å². The smallest absolute Gasteiger partial charge is 0.262 e. The topological polar surface area (TPSA) is 51.1 Å². The number of halogens is 3. The van der Waals surface area contributed by atoms with Crippen molar-refractivity contribution in [1.29, 1.82) is 0 Å². The highest BCUT2D eigenvalue weighted by Crippen LogP contribution is 2.25. The van der Waals surface area contributed by atoms with E-state index in [0.29, 0.717) is 21.5 Å². The molecule has 0 radical (unpaired) electrons. The summed E-state index contributed by atoms with van der Waals surface area (Å²) in [5.41, 5.74) is 0.847. The number of amides is 1. The summed E-state index contributed by atoms with van der Waals surface area (Å²) in [5.74, 6) is -0.979. The molecule has 4 aromatic rings. The number of carbonyl (C=O) groups is 1. The number of pyridine rings is 1. The molecule has 144 valence electrons. The Morgan fingerprint density at radius 1 is 0.931 bits per heavy atom. The highest BCUT2D eigenvalue weighted by molar-refractivity contribution is 6.34. The molecule has 1 heterocycles. The van der Waals surface area contributed by atoms with Crippen LogP contribution in [-0.4, -0.2) is 10.5 Å². The SMILES string of the molecule is O=C(Nc1ccc(F)cc1Cl)c1cn(-c2ccc(Cl)cc2)c(=O)c2ccccc12. The van der Waals surface area contributed by atoms with Gasteiger partial charge in [-0.15, -0.1) is 0 Å². The lowest BCUT2D eigenvalue weighted by Gasteiger charge is -2.13. The minimum Gasteiger partial charge on any atom is -0.321 e. The summed E-state index contributed by atoms with van der Waals surface area (Å²) in [4.78, 5) is 26.0. The molecule has 0 bridgehead atoms. The van der Waals surface area contributed by atoms with Crippen LogP contribution in [0.15, 0.2) is 77.7 Å². The van der Waals surface area contributed by atoms with Crippen molar-refractivity contribution in [2.75, 3.05) is 5.32 Å². The minimum absolute atomic E-state index is 0.0775. The van der Waals surface area contributed by atoms with Crippen molar-refractivity contribution >= 4 is 45.6 Å². The van der Waals surface area contributed by atoms with Crippen LogP contribution in [0.2, 0.25) is 10.0 Å². The number of aromatic nitrogens is 1. The third-order valence-electron chi connectivity index (χ3n) is 4.45. The molecule has 0 fully saturated rings. The Hall–Kier alpha value is -3.15. The molecule has 0 aliphatic rings. The largest absolute Gasteiger partial charge is 0.321 e. The quantitative estimate of drug-likeness (QED) is 0.457. The van der Waals surface area contributed by atoms with Crippen LogP contribution in [0.25, 0.3) is 16.5 Å². The van der Waals surface area contributed by atoms with Crippen molar-refractivity contribution < 1.29 is 9.18 Å². The first-order valence-electron chi connectivity index (χ1n) is 8.61. The van der Waals surface area contributed by atoms with E-state index in [2.05, 4.69) is 5.32 Å². The van der Waals surface area contributed by atoms with Gasteiger partial charge >= 0.3 is 0 Å². The molecule has 3 aromatic carbocycles. The maximum Gasteiger partial charge on any atom is 0.262 e. The fourth-order valence-corrected chi connectivity index (χ4v) is 3.39. The van der Waals surface area contributed by atoms with Crippen LogP contribution in [-0.2, 0) is 0 Å². The molecule has 0 unspecified atom stereocenters. The molecule has 1 N–H and O–H groups in total. The van der Waals surface area contributed by atoms with Gasteiger partial charge in [0.1, 0.15) is 5.82 Å². The van der Waals surface area contributed by atoms with Gasteiger partial charge in [-0.05, 0) is 48.5 Å². The molecule has 29 heavy (non-hydrogen) atoms. The highest BCUT2D eigenvalue weighted by atomic mass is 35.5. The van der Waals surface area contributed by atoms with Crippen molar-refractivity contribution in [1.82, 2.24) is 4.57 Å². The molecule has 0 saturated heterocycles. The number of carbonyl (C=O) groups excluding carboxylic acids is 1. The van der Waals surface area contributed by atoms with Crippen LogP contribution in [0.3, 0.4) is 0 Å². The lowest BCUT2D eigenvalue weighted by Crippen LogP contribution is -2.22. The normalized spacial score (nSPS) is 10.9. The molecule has 1 amide bonds. The Kier molecular flexibility index (Phi) is 5.09. The number of fused-ring (bicyclic) bond motifs is 1. The third-order valence-corrected chi connectivity index (χ3v) is 5.02. The van der Waals surface area contributed by atoms with Crippen molar-refractivity contribution in [3.63, 3.8) is 0 Å². The van der Waals surface area contributed by atoms with Crippen LogP contribution in [0.1, 0.15) is 10.4 Å². The molecule has 1 aromatic heterocycles. The third kappa shape index (κ3) is 3.75. The molecule has 0 spiro atoms. The van der Waals surface area contributed by atoms with Gasteiger partial charge in [-0.3, -0.25) is 14.2 Å². The van der Waals surface area contributed by atoms with Crippen molar-refractivity contribution in [3.8, 4) is 5.69 Å². The van der Waals surface area contributed by atoms with Crippen LogP contribution >= 0.6 is 23.2 Å². The van der Waals surface area contributed by atoms with E-state index in [4.69, 9.17) is 23.2 Å². The fourth-order valence-electron chi connectivity index (χ4n) is 3.05. The van der Waals surface area contributed by atoms with Crippen molar-refractivity contribution in [2.24, 2.45) is 0 Å². The van der Waals surface area contributed by atoms with E-state index in [1.807, 2.05) is 0 Å². The molecule has 0 aliphatic carbocycles. The maximum absolute atomic E-state index is 13.3. The van der Waals surface area contributed by atoms with Gasteiger partial charge in [0.05, 0.1) is 16.3 Å². The molecule has 7 heteroatoms. The molecular weight excluding hydrogens is 414 g/mol. The molecule has 4 rings (SSSR count). The summed E-state index contributed by atoms with van der Waals surface area (Å²) < 4.78 is 14.7. The Morgan fingerprint density at radius 3 is 2.31 bits per heavy atom. The summed E-state index contributed by atoms with van der Waals surface area (Å²) in [7, 11) is 0. The summed E-state index contributed by atoms with van der Waals surface area (Å²) >= 11 is 12.0. The number of nitrogens with zero attached hydrogens (tertiary/aromatic N) is 1. The predicted molar refractivity (Wildman–Crippen MR) is 114 cm³/mol. The number of hydrogen-bond acceptors (Lipinski definition) is 2. The zero-order valence-electron chi connectivity index (χ0n) is 14.8. The zero-order valence-corrected chi connectivity index (χ0v) is 16.3. The first-order valence-corrected chi connectivity index (χ1v) is 9.36. The summed E-state index contributed by atoms with van der Waals surface area (Å²) in [6.45, 7) is 0. The Bertz CT molecular complexity index is 1300. The second kappa shape index (κ2) is 7.70. The molecule has 0 saturated carbocycles. The van der Waals surface area contributed by atoms with E-state index in [1.165, 1.54) is 22.9 Å². The predicted octanol–water partition coefficient (Wildman–Crippen LogP) is 5.69. The highest BCUT2D eigenvalue weighted by Gasteiger charge is 2.17. The van der Waals surface area contributed by atoms with E-state index in [-0.39, 0.29) is 21.8 Å². The van der Waals surface area contributed by atoms with Crippen LogP contribution in [0.5, 0.6) is 0 Å². The zero-order chi connectivity index (χ0) is 20.5. The molecule has 0 aliphatic heterocycles. The molecular formula is C22H13Cl2FN2O2. The number of anilines is 1. The Balaban J connectivity index is 1.87. The average molecular weight is 427 g/mol. The fraction of sp³-hybridized carbons (Fsp3) is 0. The second-order valence-corrected chi connectivity index (χ2v) is 7.16. The van der Waals surface area contributed by atoms with Gasteiger partial charge < -0.3 is 5.32 Å². The first-order chi connectivity index (χ1) is 13.9. The lowest BCUT2D eigenvalue weighted by molar-refractivity contribution is 0.102. The lowest BCUT2D eigenvalue weighted by atomic mass is 10.1. The number of hydrogen-bond donors (Lipinski definition) is 1. The monoisotopic (exact) mass is 426 g/mol. The summed E-state index contributed by atoms with van der Waals surface area (Å²) in [6.07, 6.45) is 1.47. The number of rotatable bonds is 3. The van der Waals surface area contributed by atoms with Crippen LogP contribution in [0, 0.1) is 5.82 Å².